The van der Waals surface area contributed by atoms with Crippen LogP contribution in [0.5, 0.6) is 0 Å². The molecular weight excluding hydrogens is 178 g/mol. The van der Waals surface area contributed by atoms with E-state index in [2.05, 4.69) is 10.4 Å². The van der Waals surface area contributed by atoms with Gasteiger partial charge >= 0.3 is 0 Å². The number of nitrogens with zero attached hydrogens (tertiary/aromatic N) is 2. The second-order valence-electron chi connectivity index (χ2n) is 4.23. The van der Waals surface area contributed by atoms with Gasteiger partial charge in [-0.25, -0.2) is 0 Å². The van der Waals surface area contributed by atoms with Gasteiger partial charge in [0.2, 0.25) is 0 Å². The summed E-state index contributed by atoms with van der Waals surface area (Å²) in [6.45, 7) is 3.57. The molecule has 1 aliphatic rings. The van der Waals surface area contributed by atoms with Gasteiger partial charge in [0.1, 0.15) is 0 Å². The Bertz CT molecular complexity index is 326. The Hall–Kier alpha value is -0.870. The average molecular weight is 195 g/mol. The highest BCUT2D eigenvalue weighted by Crippen LogP contribution is 2.20. The number of aliphatic hydroxyl groups is 1. The van der Waals surface area contributed by atoms with E-state index in [1.165, 1.54) is 0 Å². The molecule has 0 saturated carbocycles. The number of hydrogen-bond acceptors (Lipinski definition) is 3. The zero-order valence-electron chi connectivity index (χ0n) is 8.75. The van der Waals surface area contributed by atoms with E-state index in [0.29, 0.717) is 13.0 Å². The predicted molar refractivity (Wildman–Crippen MR) is 54.1 cm³/mol. The van der Waals surface area contributed by atoms with Crippen molar-refractivity contribution in [1.29, 1.82) is 0 Å². The summed E-state index contributed by atoms with van der Waals surface area (Å²) >= 11 is 0. The van der Waals surface area contributed by atoms with E-state index in [0.717, 1.165) is 24.4 Å². The highest BCUT2D eigenvalue weighted by Gasteiger charge is 2.32. The van der Waals surface area contributed by atoms with E-state index in [-0.39, 0.29) is 0 Å². The quantitative estimate of drug-likeness (QED) is 0.698. The molecule has 1 aliphatic heterocycles. The number of β-amino-alcohol motifs (C(OH)–C–C–N with tert-alkyl or cyclic N) is 1. The van der Waals surface area contributed by atoms with E-state index < -0.39 is 5.60 Å². The largest absolute Gasteiger partial charge is 0.388 e. The smallest absolute Gasteiger partial charge is 0.0838 e. The van der Waals surface area contributed by atoms with Crippen LogP contribution in [0, 0.1) is 6.92 Å². The molecule has 1 atom stereocenters. The molecule has 2 rings (SSSR count). The SMILES string of the molecule is Cc1cc(CC2(O)CCNC2)n(C)n1. The van der Waals surface area contributed by atoms with Gasteiger partial charge in [0.15, 0.2) is 0 Å². The molecule has 78 valence electrons. The molecule has 1 saturated heterocycles. The fraction of sp³-hybridized carbons (Fsp3) is 0.700. The molecule has 0 amide bonds. The molecule has 0 aromatic carbocycles. The molecule has 1 fully saturated rings. The van der Waals surface area contributed by atoms with Crippen LogP contribution in [0.3, 0.4) is 0 Å². The lowest BCUT2D eigenvalue weighted by Gasteiger charge is -2.20. The minimum Gasteiger partial charge on any atom is -0.388 e. The molecule has 2 heterocycles. The van der Waals surface area contributed by atoms with Crippen LogP contribution >= 0.6 is 0 Å². The first-order valence-electron chi connectivity index (χ1n) is 5.02. The van der Waals surface area contributed by atoms with Gasteiger partial charge in [-0.05, 0) is 26.0 Å². The summed E-state index contributed by atoms with van der Waals surface area (Å²) in [4.78, 5) is 0. The summed E-state index contributed by atoms with van der Waals surface area (Å²) in [7, 11) is 1.92. The van der Waals surface area contributed by atoms with E-state index in [9.17, 15) is 5.11 Å². The average Bonchev–Trinajstić information content (AvgIpc) is 2.61. The Kier molecular flexibility index (Phi) is 2.33. The molecule has 1 unspecified atom stereocenters. The van der Waals surface area contributed by atoms with Crippen molar-refractivity contribution < 1.29 is 5.11 Å². The topological polar surface area (TPSA) is 50.1 Å². The Morgan fingerprint density at radius 1 is 1.71 bits per heavy atom. The fourth-order valence-corrected chi connectivity index (χ4v) is 2.05. The number of rotatable bonds is 2. The third-order valence-corrected chi connectivity index (χ3v) is 2.83. The van der Waals surface area contributed by atoms with Gasteiger partial charge in [0.05, 0.1) is 11.3 Å². The lowest BCUT2D eigenvalue weighted by Crippen LogP contribution is -2.34. The maximum atomic E-state index is 10.2. The molecule has 2 N–H and O–H groups in total. The number of hydrogen-bond donors (Lipinski definition) is 2. The third kappa shape index (κ3) is 1.81. The lowest BCUT2D eigenvalue weighted by molar-refractivity contribution is 0.0599. The maximum Gasteiger partial charge on any atom is 0.0838 e. The summed E-state index contributed by atoms with van der Waals surface area (Å²) in [5.74, 6) is 0. The zero-order chi connectivity index (χ0) is 10.2. The Labute approximate surface area is 83.9 Å². The standard InChI is InChI=1S/C10H17N3O/c1-8-5-9(13(2)12-8)6-10(14)3-4-11-7-10/h5,11,14H,3-4,6-7H2,1-2H3. The molecule has 0 radical (unpaired) electrons. The van der Waals surface area contributed by atoms with Gasteiger partial charge in [-0.3, -0.25) is 4.68 Å². The monoisotopic (exact) mass is 195 g/mol. The van der Waals surface area contributed by atoms with Crippen molar-refractivity contribution in [1.82, 2.24) is 15.1 Å². The Morgan fingerprint density at radius 3 is 3.00 bits per heavy atom. The minimum atomic E-state index is -0.569. The Balaban J connectivity index is 2.13. The molecule has 0 bridgehead atoms. The summed E-state index contributed by atoms with van der Waals surface area (Å²) < 4.78 is 1.85. The summed E-state index contributed by atoms with van der Waals surface area (Å²) in [5, 5.41) is 17.6. The number of nitrogens with one attached hydrogen (secondary N) is 1. The fourth-order valence-electron chi connectivity index (χ4n) is 2.05. The molecule has 14 heavy (non-hydrogen) atoms. The van der Waals surface area contributed by atoms with Crippen LogP contribution < -0.4 is 5.32 Å². The van der Waals surface area contributed by atoms with Crippen LogP contribution in [0.1, 0.15) is 17.8 Å². The summed E-state index contributed by atoms with van der Waals surface area (Å²) in [5.41, 5.74) is 1.55. The van der Waals surface area contributed by atoms with Crippen molar-refractivity contribution in [3.63, 3.8) is 0 Å². The van der Waals surface area contributed by atoms with Gasteiger partial charge in [0, 0.05) is 25.7 Å². The molecule has 1 aromatic heterocycles. The molecule has 0 aliphatic carbocycles. The van der Waals surface area contributed by atoms with Crippen LogP contribution in [0.15, 0.2) is 6.07 Å². The van der Waals surface area contributed by atoms with Crippen molar-refractivity contribution in [2.45, 2.75) is 25.4 Å². The number of aromatic nitrogens is 2. The van der Waals surface area contributed by atoms with E-state index >= 15 is 0 Å². The molecule has 1 aromatic rings. The van der Waals surface area contributed by atoms with Crippen LogP contribution in [-0.2, 0) is 13.5 Å². The lowest BCUT2D eigenvalue weighted by atomic mass is 9.97. The molecule has 4 heteroatoms. The maximum absolute atomic E-state index is 10.2. The van der Waals surface area contributed by atoms with Crippen LogP contribution in [0.2, 0.25) is 0 Å². The third-order valence-electron chi connectivity index (χ3n) is 2.83. The normalized spacial score (nSPS) is 27.1. The van der Waals surface area contributed by atoms with E-state index in [1.54, 1.807) is 0 Å². The van der Waals surface area contributed by atoms with Gasteiger partial charge < -0.3 is 10.4 Å². The summed E-state index contributed by atoms with van der Waals surface area (Å²) in [6, 6.07) is 2.04. The van der Waals surface area contributed by atoms with Crippen molar-refractivity contribution in [3.8, 4) is 0 Å². The van der Waals surface area contributed by atoms with Crippen LogP contribution in [0.4, 0.5) is 0 Å². The van der Waals surface area contributed by atoms with Crippen LogP contribution in [-0.4, -0.2) is 33.6 Å². The van der Waals surface area contributed by atoms with E-state index in [1.807, 2.05) is 24.7 Å². The van der Waals surface area contributed by atoms with E-state index in [4.69, 9.17) is 0 Å². The van der Waals surface area contributed by atoms with Gasteiger partial charge in [-0.15, -0.1) is 0 Å². The highest BCUT2D eigenvalue weighted by molar-refractivity contribution is 5.12. The first-order valence-corrected chi connectivity index (χ1v) is 5.02. The second kappa shape index (κ2) is 3.37. The highest BCUT2D eigenvalue weighted by atomic mass is 16.3. The van der Waals surface area contributed by atoms with Crippen molar-refractivity contribution in [2.24, 2.45) is 7.05 Å². The minimum absolute atomic E-state index is 0.569. The molecule has 0 spiro atoms. The van der Waals surface area contributed by atoms with Crippen molar-refractivity contribution >= 4 is 0 Å². The van der Waals surface area contributed by atoms with Gasteiger partial charge in [-0.1, -0.05) is 0 Å². The molecule has 4 nitrogen and oxygen atoms in total. The second-order valence-corrected chi connectivity index (χ2v) is 4.23. The first-order chi connectivity index (χ1) is 6.59. The van der Waals surface area contributed by atoms with Crippen molar-refractivity contribution in [2.75, 3.05) is 13.1 Å². The van der Waals surface area contributed by atoms with Crippen LogP contribution in [0.25, 0.3) is 0 Å². The number of aryl methyl sites for hydroxylation is 2. The molecular formula is C10H17N3O. The summed E-state index contributed by atoms with van der Waals surface area (Å²) in [6.07, 6.45) is 1.52. The van der Waals surface area contributed by atoms with Crippen molar-refractivity contribution in [3.05, 3.63) is 17.5 Å². The Morgan fingerprint density at radius 2 is 2.50 bits per heavy atom. The first kappa shape index (κ1) is 9.68. The van der Waals surface area contributed by atoms with Gasteiger partial charge in [-0.2, -0.15) is 5.10 Å². The van der Waals surface area contributed by atoms with Gasteiger partial charge in [0.25, 0.3) is 0 Å². The zero-order valence-corrected chi connectivity index (χ0v) is 8.75. The predicted octanol–water partition coefficient (Wildman–Crippen LogP) is -0.00458.